The number of hydrogen-bond donors (Lipinski definition) is 0. The summed E-state index contributed by atoms with van der Waals surface area (Å²) >= 11 is 6.39. The fraction of sp³-hybridized carbons (Fsp3) is 0.267. The van der Waals surface area contributed by atoms with E-state index in [1.165, 1.54) is 31.2 Å². The third-order valence-corrected chi connectivity index (χ3v) is 4.51. The van der Waals surface area contributed by atoms with Crippen LogP contribution in [-0.2, 0) is 14.3 Å². The number of halogens is 1. The zero-order valence-electron chi connectivity index (χ0n) is 13.2. The second kappa shape index (κ2) is 7.66. The molecular formula is C15H13ClN2O6S. The van der Waals surface area contributed by atoms with E-state index in [1.807, 2.05) is 0 Å². The Morgan fingerprint density at radius 2 is 2.16 bits per heavy atom. The highest BCUT2D eigenvalue weighted by atomic mass is 35.5. The number of benzene rings is 1. The van der Waals surface area contributed by atoms with E-state index in [4.69, 9.17) is 16.3 Å². The molecule has 0 aromatic heterocycles. The Labute approximate surface area is 151 Å². The molecule has 1 fully saturated rings. The van der Waals surface area contributed by atoms with E-state index in [9.17, 15) is 24.5 Å². The molecule has 0 unspecified atom stereocenters. The maximum Gasteiger partial charge on any atom is 0.329 e. The molecule has 1 heterocycles. The van der Waals surface area contributed by atoms with E-state index in [0.717, 1.165) is 4.90 Å². The quantitative estimate of drug-likeness (QED) is 0.332. The van der Waals surface area contributed by atoms with Crippen LogP contribution in [0.5, 0.6) is 0 Å². The van der Waals surface area contributed by atoms with Crippen molar-refractivity contribution in [3.8, 4) is 0 Å². The maximum atomic E-state index is 12.4. The number of nitro groups is 1. The first-order valence-electron chi connectivity index (χ1n) is 7.14. The molecule has 1 atom stereocenters. The van der Waals surface area contributed by atoms with E-state index in [1.54, 1.807) is 6.92 Å². The number of nitrogens with zero attached hydrogens (tertiary/aromatic N) is 2. The minimum atomic E-state index is -1.06. The molecule has 1 saturated heterocycles. The molecule has 10 heteroatoms. The van der Waals surface area contributed by atoms with Gasteiger partial charge in [0, 0.05) is 6.07 Å². The molecule has 2 rings (SSSR count). The number of nitro benzene ring substituents is 1. The molecule has 1 aliphatic rings. The summed E-state index contributed by atoms with van der Waals surface area (Å²) in [6.45, 7) is 3.14. The summed E-state index contributed by atoms with van der Waals surface area (Å²) in [6, 6.07) is 2.96. The van der Waals surface area contributed by atoms with Crippen molar-refractivity contribution >= 4 is 52.2 Å². The van der Waals surface area contributed by atoms with Gasteiger partial charge < -0.3 is 4.74 Å². The molecule has 0 bridgehead atoms. The van der Waals surface area contributed by atoms with Crippen molar-refractivity contribution in [3.05, 3.63) is 43.8 Å². The lowest BCUT2D eigenvalue weighted by molar-refractivity contribution is -0.384. The molecule has 0 aliphatic carbocycles. The smallest absolute Gasteiger partial charge is 0.329 e. The van der Waals surface area contributed by atoms with Crippen molar-refractivity contribution in [3.63, 3.8) is 0 Å². The zero-order chi connectivity index (χ0) is 18.7. The molecule has 1 aromatic rings. The highest BCUT2D eigenvalue weighted by molar-refractivity contribution is 8.18. The molecule has 0 N–H and O–H groups in total. The van der Waals surface area contributed by atoms with Crippen LogP contribution in [0.3, 0.4) is 0 Å². The van der Waals surface area contributed by atoms with Gasteiger partial charge >= 0.3 is 5.97 Å². The van der Waals surface area contributed by atoms with Gasteiger partial charge in [-0.05, 0) is 43.3 Å². The van der Waals surface area contributed by atoms with Gasteiger partial charge in [-0.25, -0.2) is 4.79 Å². The lowest BCUT2D eigenvalue weighted by atomic mass is 10.2. The Balaban J connectivity index is 2.30. The molecule has 2 amide bonds. The highest BCUT2D eigenvalue weighted by Crippen LogP contribution is 2.35. The Morgan fingerprint density at radius 1 is 1.48 bits per heavy atom. The first-order chi connectivity index (χ1) is 11.8. The summed E-state index contributed by atoms with van der Waals surface area (Å²) in [7, 11) is 0. The largest absolute Gasteiger partial charge is 0.464 e. The minimum absolute atomic E-state index is 0.0359. The molecule has 0 radical (unpaired) electrons. The third kappa shape index (κ3) is 3.99. The summed E-state index contributed by atoms with van der Waals surface area (Å²) < 4.78 is 4.82. The van der Waals surface area contributed by atoms with Crippen molar-refractivity contribution in [2.45, 2.75) is 19.9 Å². The SMILES string of the molecule is CCOC(=O)[C@@H](C)N1C(=O)S/C(=C/c2ccc(Cl)c([N+](=O)[O-])c2)C1=O. The number of amides is 2. The van der Waals surface area contributed by atoms with Crippen molar-refractivity contribution in [2.24, 2.45) is 0 Å². The van der Waals surface area contributed by atoms with Gasteiger partial charge in [-0.2, -0.15) is 0 Å². The van der Waals surface area contributed by atoms with Gasteiger partial charge in [0.2, 0.25) is 0 Å². The molecular weight excluding hydrogens is 372 g/mol. The lowest BCUT2D eigenvalue weighted by Gasteiger charge is -2.19. The number of hydrogen-bond acceptors (Lipinski definition) is 7. The normalized spacial score (nSPS) is 17.1. The van der Waals surface area contributed by atoms with Gasteiger partial charge in [-0.15, -0.1) is 0 Å². The lowest BCUT2D eigenvalue weighted by Crippen LogP contribution is -2.42. The molecule has 0 saturated carbocycles. The van der Waals surface area contributed by atoms with Crippen LogP contribution in [0.25, 0.3) is 6.08 Å². The van der Waals surface area contributed by atoms with Crippen LogP contribution >= 0.6 is 23.4 Å². The second-order valence-electron chi connectivity index (χ2n) is 4.95. The Morgan fingerprint density at radius 3 is 2.76 bits per heavy atom. The Hall–Kier alpha value is -2.39. The van der Waals surface area contributed by atoms with Crippen LogP contribution in [0.2, 0.25) is 5.02 Å². The van der Waals surface area contributed by atoms with Crippen LogP contribution < -0.4 is 0 Å². The van der Waals surface area contributed by atoms with Crippen LogP contribution in [0.1, 0.15) is 19.4 Å². The standard InChI is InChI=1S/C15H13ClN2O6S/c1-3-24-14(20)8(2)17-13(19)12(25-15(17)21)7-9-4-5-10(16)11(6-9)18(22)23/h4-8H,3H2,1-2H3/b12-7+/t8-/m1/s1. The summed E-state index contributed by atoms with van der Waals surface area (Å²) in [5, 5.41) is 10.3. The number of rotatable bonds is 5. The fourth-order valence-corrected chi connectivity index (χ4v) is 3.19. The zero-order valence-corrected chi connectivity index (χ0v) is 14.8. The van der Waals surface area contributed by atoms with Crippen molar-refractivity contribution in [1.29, 1.82) is 0 Å². The highest BCUT2D eigenvalue weighted by Gasteiger charge is 2.41. The Kier molecular flexibility index (Phi) is 5.81. The summed E-state index contributed by atoms with van der Waals surface area (Å²) in [5.41, 5.74) is 0.0277. The average molecular weight is 385 g/mol. The van der Waals surface area contributed by atoms with Gasteiger partial charge in [-0.3, -0.25) is 24.6 Å². The topological polar surface area (TPSA) is 107 Å². The van der Waals surface area contributed by atoms with Gasteiger partial charge in [0.15, 0.2) is 0 Å². The predicted octanol–water partition coefficient (Wildman–Crippen LogP) is 3.24. The van der Waals surface area contributed by atoms with Crippen LogP contribution in [0.15, 0.2) is 23.1 Å². The van der Waals surface area contributed by atoms with Crippen LogP contribution in [-0.4, -0.2) is 39.6 Å². The van der Waals surface area contributed by atoms with Crippen molar-refractivity contribution in [1.82, 2.24) is 4.90 Å². The first kappa shape index (κ1) is 18.9. The predicted molar refractivity (Wildman–Crippen MR) is 92.0 cm³/mol. The van der Waals surface area contributed by atoms with Gasteiger partial charge in [-0.1, -0.05) is 17.7 Å². The second-order valence-corrected chi connectivity index (χ2v) is 6.35. The van der Waals surface area contributed by atoms with E-state index >= 15 is 0 Å². The first-order valence-corrected chi connectivity index (χ1v) is 8.33. The number of esters is 1. The summed E-state index contributed by atoms with van der Waals surface area (Å²) in [4.78, 5) is 47.3. The summed E-state index contributed by atoms with van der Waals surface area (Å²) in [6.07, 6.45) is 1.34. The molecule has 132 valence electrons. The van der Waals surface area contributed by atoms with Crippen LogP contribution in [0, 0.1) is 10.1 Å². The molecule has 8 nitrogen and oxygen atoms in total. The number of carbonyl (C=O) groups excluding carboxylic acids is 3. The third-order valence-electron chi connectivity index (χ3n) is 3.30. The van der Waals surface area contributed by atoms with E-state index < -0.39 is 28.1 Å². The number of carbonyl (C=O) groups is 3. The van der Waals surface area contributed by atoms with Crippen LogP contribution in [0.4, 0.5) is 10.5 Å². The number of imide groups is 1. The minimum Gasteiger partial charge on any atom is -0.464 e. The van der Waals surface area contributed by atoms with E-state index in [-0.39, 0.29) is 22.2 Å². The van der Waals surface area contributed by atoms with Gasteiger partial charge in [0.1, 0.15) is 11.1 Å². The maximum absolute atomic E-state index is 12.4. The van der Waals surface area contributed by atoms with E-state index in [2.05, 4.69) is 0 Å². The van der Waals surface area contributed by atoms with Crippen molar-refractivity contribution < 1.29 is 24.0 Å². The number of ether oxygens (including phenoxy) is 1. The van der Waals surface area contributed by atoms with Crippen molar-refractivity contribution in [2.75, 3.05) is 6.61 Å². The number of thioether (sulfide) groups is 1. The monoisotopic (exact) mass is 384 g/mol. The Bertz CT molecular complexity index is 794. The van der Waals surface area contributed by atoms with Gasteiger partial charge in [0.25, 0.3) is 16.8 Å². The fourth-order valence-electron chi connectivity index (χ4n) is 2.09. The average Bonchev–Trinajstić information content (AvgIpc) is 2.82. The van der Waals surface area contributed by atoms with E-state index in [0.29, 0.717) is 17.3 Å². The van der Waals surface area contributed by atoms with Gasteiger partial charge in [0.05, 0.1) is 16.4 Å². The molecule has 1 aromatic carbocycles. The molecule has 1 aliphatic heterocycles. The molecule has 0 spiro atoms. The summed E-state index contributed by atoms with van der Waals surface area (Å²) in [5.74, 6) is -1.35. The molecule has 25 heavy (non-hydrogen) atoms.